The number of rotatable bonds is 3. The Morgan fingerprint density at radius 3 is 3.09 bits per heavy atom. The molecule has 7 nitrogen and oxygen atoms in total. The number of fused-ring (bicyclic) bond motifs is 1. The second-order valence-corrected chi connectivity index (χ2v) is 6.97. The van der Waals surface area contributed by atoms with Crippen LogP contribution in [0, 0.1) is 0 Å². The van der Waals surface area contributed by atoms with Crippen molar-refractivity contribution in [3.8, 4) is 0 Å². The van der Waals surface area contributed by atoms with Gasteiger partial charge >= 0.3 is 6.03 Å². The van der Waals surface area contributed by atoms with Crippen LogP contribution in [0.2, 0.25) is 0 Å². The molecule has 1 atom stereocenters. The molecule has 4 heterocycles. The summed E-state index contributed by atoms with van der Waals surface area (Å²) in [6, 6.07) is 1.93. The molecule has 2 aromatic rings. The Kier molecular flexibility index (Phi) is 3.78. The summed E-state index contributed by atoms with van der Waals surface area (Å²) in [7, 11) is 0. The lowest BCUT2D eigenvalue weighted by Gasteiger charge is -2.36. The molecule has 0 saturated carbocycles. The molecule has 0 aromatic carbocycles. The summed E-state index contributed by atoms with van der Waals surface area (Å²) in [5.41, 5.74) is 0.780. The largest absolute Gasteiger partial charge is 0.336 e. The number of urea groups is 1. The second-order valence-electron chi connectivity index (χ2n) is 6.10. The van der Waals surface area contributed by atoms with Crippen LogP contribution in [0.4, 0.5) is 4.79 Å². The molecule has 0 bridgehead atoms. The van der Waals surface area contributed by atoms with E-state index in [1.165, 1.54) is 11.3 Å². The van der Waals surface area contributed by atoms with Crippen molar-refractivity contribution in [2.45, 2.75) is 25.4 Å². The molecule has 1 unspecified atom stereocenters. The van der Waals surface area contributed by atoms with Crippen LogP contribution < -0.4 is 10.9 Å². The lowest BCUT2D eigenvalue weighted by molar-refractivity contribution is 0.121. The second kappa shape index (κ2) is 5.93. The Labute approximate surface area is 137 Å². The van der Waals surface area contributed by atoms with Crippen LogP contribution in [-0.2, 0) is 6.54 Å². The SMILES string of the molecule is O=C1NCCN1C1CCCN(Cc2cc(=O)n3ccsc3n2)C1. The van der Waals surface area contributed by atoms with Gasteiger partial charge < -0.3 is 10.2 Å². The zero-order valence-electron chi connectivity index (χ0n) is 12.8. The first-order valence-electron chi connectivity index (χ1n) is 7.93. The van der Waals surface area contributed by atoms with Crippen molar-refractivity contribution in [1.29, 1.82) is 0 Å². The van der Waals surface area contributed by atoms with E-state index in [1.807, 2.05) is 10.3 Å². The summed E-state index contributed by atoms with van der Waals surface area (Å²) < 4.78 is 1.57. The first-order chi connectivity index (χ1) is 11.2. The Morgan fingerprint density at radius 2 is 2.26 bits per heavy atom. The van der Waals surface area contributed by atoms with Crippen molar-refractivity contribution in [2.75, 3.05) is 26.2 Å². The number of carbonyl (C=O) groups is 1. The van der Waals surface area contributed by atoms with E-state index in [-0.39, 0.29) is 17.6 Å². The van der Waals surface area contributed by atoms with E-state index in [1.54, 1.807) is 16.7 Å². The molecule has 122 valence electrons. The minimum Gasteiger partial charge on any atom is -0.336 e. The van der Waals surface area contributed by atoms with Crippen LogP contribution in [0.25, 0.3) is 4.96 Å². The normalized spacial score (nSPS) is 22.7. The van der Waals surface area contributed by atoms with Crippen molar-refractivity contribution < 1.29 is 4.79 Å². The molecular weight excluding hydrogens is 314 g/mol. The van der Waals surface area contributed by atoms with E-state index in [2.05, 4.69) is 15.2 Å². The van der Waals surface area contributed by atoms with E-state index < -0.39 is 0 Å². The van der Waals surface area contributed by atoms with E-state index in [0.29, 0.717) is 6.54 Å². The highest BCUT2D eigenvalue weighted by atomic mass is 32.1. The van der Waals surface area contributed by atoms with Gasteiger partial charge in [0.05, 0.1) is 5.69 Å². The number of amides is 2. The molecule has 2 aliphatic heterocycles. The molecule has 1 N–H and O–H groups in total. The molecule has 0 aliphatic carbocycles. The zero-order valence-corrected chi connectivity index (χ0v) is 13.6. The maximum absolute atomic E-state index is 12.1. The number of nitrogens with one attached hydrogen (secondary N) is 1. The lowest BCUT2D eigenvalue weighted by atomic mass is 10.0. The zero-order chi connectivity index (χ0) is 15.8. The smallest absolute Gasteiger partial charge is 0.317 e. The third-order valence-electron chi connectivity index (χ3n) is 4.55. The minimum absolute atomic E-state index is 0.0290. The number of thiazole rings is 1. The average Bonchev–Trinajstić information content (AvgIpc) is 3.16. The quantitative estimate of drug-likeness (QED) is 0.900. The monoisotopic (exact) mass is 333 g/mol. The van der Waals surface area contributed by atoms with Crippen LogP contribution in [0.1, 0.15) is 18.5 Å². The summed E-state index contributed by atoms with van der Waals surface area (Å²) in [6.45, 7) is 4.02. The summed E-state index contributed by atoms with van der Waals surface area (Å²) in [5, 5.41) is 4.74. The standard InChI is InChI=1S/C15H19N5O2S/c21-13-8-11(17-15-20(13)6-7-23-15)9-18-4-1-2-12(10-18)19-5-3-16-14(19)22/h6-8,12H,1-5,9-10H2,(H,16,22). The van der Waals surface area contributed by atoms with Gasteiger partial charge in [-0.1, -0.05) is 0 Å². The van der Waals surface area contributed by atoms with Crippen molar-refractivity contribution >= 4 is 22.3 Å². The molecule has 0 radical (unpaired) electrons. The number of aromatic nitrogens is 2. The summed E-state index contributed by atoms with van der Waals surface area (Å²) in [6.07, 6.45) is 3.86. The third-order valence-corrected chi connectivity index (χ3v) is 5.31. The summed E-state index contributed by atoms with van der Waals surface area (Å²) in [5.74, 6) is 0. The van der Waals surface area contributed by atoms with E-state index in [4.69, 9.17) is 0 Å². The van der Waals surface area contributed by atoms with Crippen LogP contribution in [0.3, 0.4) is 0 Å². The topological polar surface area (TPSA) is 70.0 Å². The molecule has 0 spiro atoms. The van der Waals surface area contributed by atoms with Gasteiger partial charge in [-0.15, -0.1) is 11.3 Å². The first kappa shape index (κ1) is 14.6. The highest BCUT2D eigenvalue weighted by Gasteiger charge is 2.31. The first-order valence-corrected chi connectivity index (χ1v) is 8.81. The van der Waals surface area contributed by atoms with Crippen molar-refractivity contribution in [1.82, 2.24) is 24.5 Å². The van der Waals surface area contributed by atoms with Gasteiger partial charge in [-0.3, -0.25) is 14.1 Å². The maximum atomic E-state index is 12.1. The molecule has 4 rings (SSSR count). The van der Waals surface area contributed by atoms with Crippen molar-refractivity contribution in [3.63, 3.8) is 0 Å². The molecule has 8 heteroatoms. The molecular formula is C15H19N5O2S. The molecule has 23 heavy (non-hydrogen) atoms. The average molecular weight is 333 g/mol. The van der Waals surface area contributed by atoms with Crippen LogP contribution >= 0.6 is 11.3 Å². The Balaban J connectivity index is 1.49. The fourth-order valence-electron chi connectivity index (χ4n) is 3.46. The van der Waals surface area contributed by atoms with E-state index in [9.17, 15) is 9.59 Å². The Morgan fingerprint density at radius 1 is 1.35 bits per heavy atom. The maximum Gasteiger partial charge on any atom is 0.317 e. The van der Waals surface area contributed by atoms with Crippen LogP contribution in [0.15, 0.2) is 22.4 Å². The van der Waals surface area contributed by atoms with Crippen molar-refractivity contribution in [2.24, 2.45) is 0 Å². The fraction of sp³-hybridized carbons (Fsp3) is 0.533. The van der Waals surface area contributed by atoms with Gasteiger partial charge in [0.2, 0.25) is 0 Å². The van der Waals surface area contributed by atoms with Gasteiger partial charge in [-0.2, -0.15) is 0 Å². The van der Waals surface area contributed by atoms with E-state index in [0.717, 1.165) is 49.7 Å². The van der Waals surface area contributed by atoms with Gasteiger partial charge in [0.1, 0.15) is 0 Å². The number of likely N-dealkylation sites (tertiary alicyclic amines) is 1. The number of nitrogens with zero attached hydrogens (tertiary/aromatic N) is 4. The number of carbonyl (C=O) groups excluding carboxylic acids is 1. The number of hydrogen-bond acceptors (Lipinski definition) is 5. The number of piperidine rings is 1. The summed E-state index contributed by atoms with van der Waals surface area (Å²) in [4.78, 5) is 33.5. The highest BCUT2D eigenvalue weighted by Crippen LogP contribution is 2.19. The number of hydrogen-bond donors (Lipinski definition) is 1. The van der Waals surface area contributed by atoms with Gasteiger partial charge in [0.25, 0.3) is 5.56 Å². The van der Waals surface area contributed by atoms with Crippen LogP contribution in [-0.4, -0.2) is 57.4 Å². The Hall–Kier alpha value is -1.93. The highest BCUT2D eigenvalue weighted by molar-refractivity contribution is 7.15. The van der Waals surface area contributed by atoms with Crippen molar-refractivity contribution in [3.05, 3.63) is 33.7 Å². The van der Waals surface area contributed by atoms with Gasteiger partial charge in [-0.05, 0) is 19.4 Å². The predicted octanol–water partition coefficient (Wildman–Crippen LogP) is 0.746. The molecule has 2 aromatic heterocycles. The van der Waals surface area contributed by atoms with Gasteiger partial charge in [0.15, 0.2) is 4.96 Å². The minimum atomic E-state index is -0.0290. The third kappa shape index (κ3) is 2.84. The predicted molar refractivity (Wildman–Crippen MR) is 87.7 cm³/mol. The Bertz CT molecular complexity index is 786. The lowest BCUT2D eigenvalue weighted by Crippen LogP contribution is -2.48. The molecule has 2 fully saturated rings. The fourth-order valence-corrected chi connectivity index (χ4v) is 4.20. The van der Waals surface area contributed by atoms with E-state index >= 15 is 0 Å². The summed E-state index contributed by atoms with van der Waals surface area (Å²) >= 11 is 1.47. The van der Waals surface area contributed by atoms with Gasteiger partial charge in [0, 0.05) is 49.9 Å². The van der Waals surface area contributed by atoms with Crippen LogP contribution in [0.5, 0.6) is 0 Å². The molecule has 2 saturated heterocycles. The molecule has 2 aliphatic rings. The van der Waals surface area contributed by atoms with Gasteiger partial charge in [-0.25, -0.2) is 9.78 Å². The molecule has 2 amide bonds.